The first-order valence-corrected chi connectivity index (χ1v) is 10.9. The minimum absolute atomic E-state index is 0.108. The van der Waals surface area contributed by atoms with E-state index >= 15 is 0 Å². The molecule has 2 heterocycles. The average Bonchev–Trinajstić information content (AvgIpc) is 3.54. The van der Waals surface area contributed by atoms with E-state index < -0.39 is 5.97 Å². The van der Waals surface area contributed by atoms with Crippen LogP contribution in [0.1, 0.15) is 50.5 Å². The van der Waals surface area contributed by atoms with Crippen molar-refractivity contribution in [3.05, 3.63) is 54.1 Å². The lowest BCUT2D eigenvalue weighted by Gasteiger charge is -2.53. The largest absolute Gasteiger partial charge is 0.508 e. The van der Waals surface area contributed by atoms with Crippen LogP contribution in [-0.4, -0.2) is 22.8 Å². The number of hydrogen-bond acceptors (Lipinski definition) is 4. The minimum atomic E-state index is -0.632. The lowest BCUT2D eigenvalue weighted by Crippen LogP contribution is -2.49. The number of fused-ring (bicyclic) bond motifs is 3. The molecular formula is C25H28O5. The molecule has 0 spiro atoms. The standard InChI is InChI=1S/C25H28O5/c26-19-4-2-6-21(15-19)30-20-5-1-3-18(14-20)25-11-9-24(10-12-25,16-29-25)8-7-17-13-22(17)23(27)28/h1-6,14-15,17,22,26H,7-13,16H2,(H,27,28). The van der Waals surface area contributed by atoms with Gasteiger partial charge in [-0.15, -0.1) is 0 Å². The minimum Gasteiger partial charge on any atom is -0.508 e. The third-order valence-electron chi connectivity index (χ3n) is 7.47. The summed E-state index contributed by atoms with van der Waals surface area (Å²) in [7, 11) is 0. The van der Waals surface area contributed by atoms with E-state index in [9.17, 15) is 9.90 Å². The predicted octanol–water partition coefficient (Wildman–Crippen LogP) is 5.47. The first-order chi connectivity index (χ1) is 14.5. The molecule has 0 aromatic heterocycles. The van der Waals surface area contributed by atoms with Crippen LogP contribution in [0, 0.1) is 17.3 Å². The molecule has 2 aromatic rings. The summed E-state index contributed by atoms with van der Waals surface area (Å²) in [5.74, 6) is 1.17. The molecule has 5 heteroatoms. The van der Waals surface area contributed by atoms with Crippen molar-refractivity contribution in [2.45, 2.75) is 50.5 Å². The number of phenols is 1. The van der Waals surface area contributed by atoms with Gasteiger partial charge < -0.3 is 19.7 Å². The number of carbonyl (C=O) groups is 1. The van der Waals surface area contributed by atoms with Crippen LogP contribution >= 0.6 is 0 Å². The summed E-state index contributed by atoms with van der Waals surface area (Å²) in [4.78, 5) is 11.1. The van der Waals surface area contributed by atoms with Crippen molar-refractivity contribution in [1.82, 2.24) is 0 Å². The van der Waals surface area contributed by atoms with Gasteiger partial charge in [0.1, 0.15) is 17.2 Å². The summed E-state index contributed by atoms with van der Waals surface area (Å²) >= 11 is 0. The third kappa shape index (κ3) is 3.67. The van der Waals surface area contributed by atoms with Crippen LogP contribution < -0.4 is 4.74 Å². The van der Waals surface area contributed by atoms with Crippen molar-refractivity contribution in [3.63, 3.8) is 0 Å². The first kappa shape index (κ1) is 19.4. The number of aliphatic carboxylic acids is 1. The quantitative estimate of drug-likeness (QED) is 0.635. The summed E-state index contributed by atoms with van der Waals surface area (Å²) in [6.07, 6.45) is 7.20. The topological polar surface area (TPSA) is 76.0 Å². The summed E-state index contributed by atoms with van der Waals surface area (Å²) in [5, 5.41) is 18.8. The third-order valence-corrected chi connectivity index (χ3v) is 7.47. The lowest BCUT2D eigenvalue weighted by atomic mass is 9.62. The highest BCUT2D eigenvalue weighted by atomic mass is 16.5. The second kappa shape index (κ2) is 7.31. The normalized spacial score (nSPS) is 32.0. The molecule has 2 N–H and O–H groups in total. The maximum absolute atomic E-state index is 11.1. The lowest BCUT2D eigenvalue weighted by molar-refractivity contribution is -0.192. The van der Waals surface area contributed by atoms with E-state index in [0.29, 0.717) is 11.7 Å². The van der Waals surface area contributed by atoms with Crippen LogP contribution in [0.3, 0.4) is 0 Å². The van der Waals surface area contributed by atoms with Crippen molar-refractivity contribution in [1.29, 1.82) is 0 Å². The molecule has 2 aliphatic heterocycles. The Labute approximate surface area is 176 Å². The molecule has 4 aliphatic rings. The Hall–Kier alpha value is -2.53. The number of ether oxygens (including phenoxy) is 2. The molecule has 2 bridgehead atoms. The van der Waals surface area contributed by atoms with Crippen molar-refractivity contribution < 1.29 is 24.5 Å². The van der Waals surface area contributed by atoms with Crippen molar-refractivity contribution in [2.24, 2.45) is 17.3 Å². The highest BCUT2D eigenvalue weighted by Crippen LogP contribution is 2.57. The Morgan fingerprint density at radius 1 is 1.07 bits per heavy atom. The van der Waals surface area contributed by atoms with Crippen LogP contribution in [0.25, 0.3) is 0 Å². The van der Waals surface area contributed by atoms with Gasteiger partial charge in [0.25, 0.3) is 0 Å². The molecular weight excluding hydrogens is 380 g/mol. The molecule has 5 nitrogen and oxygen atoms in total. The maximum Gasteiger partial charge on any atom is 0.306 e. The number of benzene rings is 2. The molecule has 2 aliphatic carbocycles. The maximum atomic E-state index is 11.1. The van der Waals surface area contributed by atoms with Gasteiger partial charge in [-0.05, 0) is 86.1 Å². The zero-order valence-corrected chi connectivity index (χ0v) is 17.0. The molecule has 2 atom stereocenters. The Balaban J connectivity index is 1.24. The van der Waals surface area contributed by atoms with Gasteiger partial charge in [-0.3, -0.25) is 4.79 Å². The van der Waals surface area contributed by atoms with E-state index in [4.69, 9.17) is 14.6 Å². The average molecular weight is 408 g/mol. The molecule has 158 valence electrons. The van der Waals surface area contributed by atoms with Crippen molar-refractivity contribution >= 4 is 5.97 Å². The number of rotatable bonds is 7. The molecule has 30 heavy (non-hydrogen) atoms. The predicted molar refractivity (Wildman–Crippen MR) is 112 cm³/mol. The van der Waals surface area contributed by atoms with Gasteiger partial charge >= 0.3 is 5.97 Å². The Kier molecular flexibility index (Phi) is 4.73. The summed E-state index contributed by atoms with van der Waals surface area (Å²) in [6, 6.07) is 14.9. The smallest absolute Gasteiger partial charge is 0.306 e. The second-order valence-corrected chi connectivity index (χ2v) is 9.39. The van der Waals surface area contributed by atoms with E-state index in [2.05, 4.69) is 12.1 Å². The van der Waals surface area contributed by atoms with Crippen molar-refractivity contribution in [3.8, 4) is 17.2 Å². The van der Waals surface area contributed by atoms with Crippen LogP contribution in [-0.2, 0) is 15.1 Å². The fourth-order valence-corrected chi connectivity index (χ4v) is 5.35. The fraction of sp³-hybridized carbons (Fsp3) is 0.480. The zero-order chi connectivity index (χ0) is 20.8. The van der Waals surface area contributed by atoms with E-state index in [1.165, 1.54) is 0 Å². The highest BCUT2D eigenvalue weighted by Gasteiger charge is 2.52. The molecule has 0 radical (unpaired) electrons. The van der Waals surface area contributed by atoms with Gasteiger partial charge in [0, 0.05) is 6.07 Å². The number of carboxylic acid groups (broad SMARTS) is 1. The molecule has 2 saturated carbocycles. The van der Waals surface area contributed by atoms with Gasteiger partial charge in [0.2, 0.25) is 0 Å². The summed E-state index contributed by atoms with van der Waals surface area (Å²) in [5.41, 5.74) is 1.13. The fourth-order valence-electron chi connectivity index (χ4n) is 5.35. The number of phenolic OH excluding ortho intramolecular Hbond substituents is 1. The van der Waals surface area contributed by atoms with E-state index in [1.807, 2.05) is 18.2 Å². The van der Waals surface area contributed by atoms with Crippen LogP contribution in [0.15, 0.2) is 48.5 Å². The second-order valence-electron chi connectivity index (χ2n) is 9.39. The number of carboxylic acids is 1. The van der Waals surface area contributed by atoms with Crippen LogP contribution in [0.4, 0.5) is 0 Å². The highest BCUT2D eigenvalue weighted by molar-refractivity contribution is 5.73. The van der Waals surface area contributed by atoms with E-state index in [1.54, 1.807) is 18.2 Å². The Morgan fingerprint density at radius 2 is 1.80 bits per heavy atom. The summed E-state index contributed by atoms with van der Waals surface area (Å²) < 4.78 is 12.4. The molecule has 2 aromatic carbocycles. The number of aromatic hydroxyl groups is 1. The Morgan fingerprint density at radius 3 is 2.43 bits per heavy atom. The monoisotopic (exact) mass is 408 g/mol. The Bertz CT molecular complexity index is 928. The van der Waals surface area contributed by atoms with Gasteiger partial charge in [-0.1, -0.05) is 18.2 Å². The summed E-state index contributed by atoms with van der Waals surface area (Å²) in [6.45, 7) is 0.759. The van der Waals surface area contributed by atoms with Crippen LogP contribution in [0.5, 0.6) is 17.2 Å². The van der Waals surface area contributed by atoms with Gasteiger partial charge in [0.15, 0.2) is 0 Å². The zero-order valence-electron chi connectivity index (χ0n) is 17.0. The molecule has 2 saturated heterocycles. The molecule has 2 unspecified atom stereocenters. The molecule has 6 rings (SSSR count). The SMILES string of the molecule is O=C(O)C1CC1CCC12CCC(c3cccc(Oc4cccc(O)c4)c3)(CC1)OC2. The van der Waals surface area contributed by atoms with Crippen molar-refractivity contribution in [2.75, 3.05) is 6.61 Å². The number of hydrogen-bond donors (Lipinski definition) is 2. The molecule has 0 amide bonds. The van der Waals surface area contributed by atoms with Gasteiger partial charge in [-0.25, -0.2) is 0 Å². The van der Waals surface area contributed by atoms with E-state index in [0.717, 1.165) is 62.9 Å². The van der Waals surface area contributed by atoms with Gasteiger partial charge in [0.05, 0.1) is 18.1 Å². The molecule has 4 fully saturated rings. The van der Waals surface area contributed by atoms with Crippen LogP contribution in [0.2, 0.25) is 0 Å². The first-order valence-electron chi connectivity index (χ1n) is 10.9. The van der Waals surface area contributed by atoms with E-state index in [-0.39, 0.29) is 22.7 Å². The van der Waals surface area contributed by atoms with Gasteiger partial charge in [-0.2, -0.15) is 0 Å².